The van der Waals surface area contributed by atoms with Crippen LogP contribution in [0.3, 0.4) is 0 Å². The van der Waals surface area contributed by atoms with Crippen LogP contribution in [0.25, 0.3) is 21.3 Å². The Morgan fingerprint density at radius 1 is 1.21 bits per heavy atom. The number of amides is 1. The van der Waals surface area contributed by atoms with Gasteiger partial charge in [0.15, 0.2) is 0 Å². The van der Waals surface area contributed by atoms with Crippen molar-refractivity contribution in [3.63, 3.8) is 0 Å². The van der Waals surface area contributed by atoms with Crippen LogP contribution in [0.1, 0.15) is 33.3 Å². The Hall–Kier alpha value is -2.55. The molecule has 1 N–H and O–H groups in total. The van der Waals surface area contributed by atoms with Crippen molar-refractivity contribution >= 4 is 27.5 Å². The second-order valence-corrected chi connectivity index (χ2v) is 10.5. The lowest BCUT2D eigenvalue weighted by atomic mass is 10.00. The normalized spacial score (nSPS) is 19.7. The van der Waals surface area contributed by atoms with Crippen LogP contribution in [-0.2, 0) is 16.1 Å². The molecule has 3 heterocycles. The van der Waals surface area contributed by atoms with Crippen LogP contribution in [0.15, 0.2) is 40.8 Å². The maximum absolute atomic E-state index is 13.2. The molecule has 1 aromatic carbocycles. The highest BCUT2D eigenvalue weighted by molar-refractivity contribution is 7.17. The number of aryl methyl sites for hydroxylation is 1. The number of aromatic nitrogens is 2. The molecule has 1 amide bonds. The zero-order valence-corrected chi connectivity index (χ0v) is 20.7. The molecule has 1 aliphatic rings. The van der Waals surface area contributed by atoms with Gasteiger partial charge >= 0.3 is 0 Å². The van der Waals surface area contributed by atoms with Gasteiger partial charge in [0.25, 0.3) is 5.56 Å². The summed E-state index contributed by atoms with van der Waals surface area (Å²) in [5, 5.41) is 5.54. The molecule has 1 saturated heterocycles. The first-order valence-corrected chi connectivity index (χ1v) is 12.2. The van der Waals surface area contributed by atoms with Gasteiger partial charge in [0.2, 0.25) is 5.91 Å². The first kappa shape index (κ1) is 23.6. The van der Waals surface area contributed by atoms with E-state index in [1.807, 2.05) is 36.6 Å². The van der Waals surface area contributed by atoms with Crippen molar-refractivity contribution in [2.24, 2.45) is 0 Å². The zero-order chi connectivity index (χ0) is 23.8. The summed E-state index contributed by atoms with van der Waals surface area (Å²) < 4.78 is 7.23. The standard InChI is InChI=1S/C25H32N4O3S/c1-16-6-8-19(9-7-16)20-13-33-23-22(20)24(31)28(15-27-23)12-21(30)26-14-25(4,5)29-10-17(2)32-18(3)11-29/h6-9,13,15,17-18H,10-12,14H2,1-5H3,(H,26,30)/t17-,18-/m1/s1. The fraction of sp³-hybridized carbons (Fsp3) is 0.480. The fourth-order valence-electron chi connectivity index (χ4n) is 4.34. The molecule has 0 spiro atoms. The topological polar surface area (TPSA) is 76.5 Å². The molecule has 4 rings (SSSR count). The molecule has 33 heavy (non-hydrogen) atoms. The third-order valence-corrected chi connectivity index (χ3v) is 7.12. The van der Waals surface area contributed by atoms with Gasteiger partial charge in [-0.05, 0) is 40.2 Å². The molecule has 2 aromatic heterocycles. The summed E-state index contributed by atoms with van der Waals surface area (Å²) in [6.07, 6.45) is 1.79. The highest BCUT2D eigenvalue weighted by atomic mass is 32.1. The number of fused-ring (bicyclic) bond motifs is 1. The molecule has 0 saturated carbocycles. The van der Waals surface area contributed by atoms with Crippen LogP contribution in [0, 0.1) is 6.92 Å². The number of thiophene rings is 1. The van der Waals surface area contributed by atoms with Crippen molar-refractivity contribution in [3.05, 3.63) is 51.9 Å². The quantitative estimate of drug-likeness (QED) is 0.600. The number of benzene rings is 1. The van der Waals surface area contributed by atoms with E-state index >= 15 is 0 Å². The molecule has 7 nitrogen and oxygen atoms in total. The fourth-order valence-corrected chi connectivity index (χ4v) is 5.24. The van der Waals surface area contributed by atoms with E-state index in [1.54, 1.807) is 0 Å². The van der Waals surface area contributed by atoms with E-state index < -0.39 is 0 Å². The molecule has 0 radical (unpaired) electrons. The van der Waals surface area contributed by atoms with Crippen molar-refractivity contribution in [3.8, 4) is 11.1 Å². The van der Waals surface area contributed by atoms with Gasteiger partial charge in [-0.15, -0.1) is 11.3 Å². The molecular weight excluding hydrogens is 436 g/mol. The Morgan fingerprint density at radius 3 is 2.55 bits per heavy atom. The van der Waals surface area contributed by atoms with Gasteiger partial charge in [-0.3, -0.25) is 19.1 Å². The lowest BCUT2D eigenvalue weighted by Gasteiger charge is -2.45. The third kappa shape index (κ3) is 5.18. The van der Waals surface area contributed by atoms with E-state index in [9.17, 15) is 9.59 Å². The van der Waals surface area contributed by atoms with Gasteiger partial charge in [0, 0.05) is 36.1 Å². The summed E-state index contributed by atoms with van der Waals surface area (Å²) in [6.45, 7) is 12.5. The highest BCUT2D eigenvalue weighted by Crippen LogP contribution is 2.30. The van der Waals surface area contributed by atoms with Crippen molar-refractivity contribution in [2.45, 2.75) is 58.9 Å². The molecular formula is C25H32N4O3S. The predicted octanol–water partition coefficient (Wildman–Crippen LogP) is 3.44. The monoisotopic (exact) mass is 468 g/mol. The Balaban J connectivity index is 1.48. The summed E-state index contributed by atoms with van der Waals surface area (Å²) in [4.78, 5) is 33.5. The van der Waals surface area contributed by atoms with Crippen LogP contribution < -0.4 is 10.9 Å². The van der Waals surface area contributed by atoms with Crippen molar-refractivity contribution in [1.82, 2.24) is 19.8 Å². The van der Waals surface area contributed by atoms with Crippen LogP contribution in [0.5, 0.6) is 0 Å². The summed E-state index contributed by atoms with van der Waals surface area (Å²) >= 11 is 1.44. The van der Waals surface area contributed by atoms with E-state index in [0.29, 0.717) is 16.8 Å². The van der Waals surface area contributed by atoms with Gasteiger partial charge in [-0.2, -0.15) is 0 Å². The van der Waals surface area contributed by atoms with Crippen LogP contribution >= 0.6 is 11.3 Å². The number of morpholine rings is 1. The Kier molecular flexibility index (Phi) is 6.70. The zero-order valence-electron chi connectivity index (χ0n) is 19.9. The minimum Gasteiger partial charge on any atom is -0.373 e. The molecule has 1 aliphatic heterocycles. The largest absolute Gasteiger partial charge is 0.373 e. The number of hydrogen-bond acceptors (Lipinski definition) is 6. The minimum atomic E-state index is -0.221. The first-order chi connectivity index (χ1) is 15.6. The maximum Gasteiger partial charge on any atom is 0.263 e. The molecule has 1 fully saturated rings. The number of nitrogens with zero attached hydrogens (tertiary/aromatic N) is 3. The summed E-state index contributed by atoms with van der Waals surface area (Å²) in [5.74, 6) is -0.201. The third-order valence-electron chi connectivity index (χ3n) is 6.23. The molecule has 176 valence electrons. The summed E-state index contributed by atoms with van der Waals surface area (Å²) in [5.41, 5.74) is 2.58. The Labute approximate surface area is 198 Å². The van der Waals surface area contributed by atoms with E-state index in [0.717, 1.165) is 29.8 Å². The Morgan fingerprint density at radius 2 is 1.88 bits per heavy atom. The Bertz CT molecular complexity index is 1190. The van der Waals surface area contributed by atoms with Gasteiger partial charge in [0.05, 0.1) is 23.9 Å². The average Bonchev–Trinajstić information content (AvgIpc) is 3.19. The maximum atomic E-state index is 13.2. The van der Waals surface area contributed by atoms with Gasteiger partial charge in [-0.1, -0.05) is 29.8 Å². The molecule has 0 unspecified atom stereocenters. The SMILES string of the molecule is Cc1ccc(-c2csc3ncn(CC(=O)NCC(C)(C)N4C[C@@H](C)O[C@H](C)C4)c(=O)c23)cc1. The molecule has 3 aromatic rings. The van der Waals surface area contributed by atoms with Crippen molar-refractivity contribution in [2.75, 3.05) is 19.6 Å². The molecule has 8 heteroatoms. The number of carbonyl (C=O) groups is 1. The van der Waals surface area contributed by atoms with Crippen LogP contribution in [0.2, 0.25) is 0 Å². The minimum absolute atomic E-state index is 0.0586. The lowest BCUT2D eigenvalue weighted by molar-refractivity contribution is -0.123. The molecule has 0 aliphatic carbocycles. The van der Waals surface area contributed by atoms with Crippen molar-refractivity contribution in [1.29, 1.82) is 0 Å². The lowest BCUT2D eigenvalue weighted by Crippen LogP contribution is -2.58. The van der Waals surface area contributed by atoms with E-state index in [4.69, 9.17) is 4.74 Å². The second kappa shape index (κ2) is 9.37. The van der Waals surface area contributed by atoms with Crippen LogP contribution in [-0.4, -0.2) is 57.7 Å². The van der Waals surface area contributed by atoms with E-state index in [2.05, 4.69) is 42.9 Å². The summed E-state index contributed by atoms with van der Waals surface area (Å²) in [7, 11) is 0. The number of ether oxygens (including phenoxy) is 1. The number of nitrogens with one attached hydrogen (secondary N) is 1. The average molecular weight is 469 g/mol. The van der Waals surface area contributed by atoms with Gasteiger partial charge in [0.1, 0.15) is 11.4 Å². The van der Waals surface area contributed by atoms with Gasteiger partial charge in [-0.25, -0.2) is 4.98 Å². The smallest absolute Gasteiger partial charge is 0.263 e. The highest BCUT2D eigenvalue weighted by Gasteiger charge is 2.33. The van der Waals surface area contributed by atoms with Gasteiger partial charge < -0.3 is 10.1 Å². The van der Waals surface area contributed by atoms with E-state index in [-0.39, 0.29) is 35.8 Å². The first-order valence-electron chi connectivity index (χ1n) is 11.3. The number of hydrogen-bond donors (Lipinski definition) is 1. The van der Waals surface area contributed by atoms with E-state index in [1.165, 1.54) is 22.2 Å². The van der Waals surface area contributed by atoms with Crippen molar-refractivity contribution < 1.29 is 9.53 Å². The number of rotatable bonds is 6. The predicted molar refractivity (Wildman–Crippen MR) is 133 cm³/mol. The molecule has 2 atom stereocenters. The van der Waals surface area contributed by atoms with Crippen LogP contribution in [0.4, 0.5) is 0 Å². The second-order valence-electron chi connectivity index (χ2n) is 9.62. The number of carbonyl (C=O) groups excluding carboxylic acids is 1. The molecule has 0 bridgehead atoms. The summed E-state index contributed by atoms with van der Waals surface area (Å²) in [6, 6.07) is 8.07.